The van der Waals surface area contributed by atoms with Gasteiger partial charge in [-0.15, -0.1) is 0 Å². The van der Waals surface area contributed by atoms with Crippen LogP contribution in [0, 0.1) is 3.57 Å². The van der Waals surface area contributed by atoms with Crippen molar-refractivity contribution >= 4 is 22.6 Å². The van der Waals surface area contributed by atoms with E-state index in [1.165, 1.54) is 12.1 Å². The minimum atomic E-state index is -4.32. The van der Waals surface area contributed by atoms with Gasteiger partial charge in [0.1, 0.15) is 0 Å². The van der Waals surface area contributed by atoms with Crippen LogP contribution in [0.5, 0.6) is 0 Å². The first kappa shape index (κ1) is 12.4. The first-order valence-corrected chi connectivity index (χ1v) is 5.98. The zero-order valence-electron chi connectivity index (χ0n) is 8.63. The van der Waals surface area contributed by atoms with Gasteiger partial charge in [-0.05, 0) is 51.9 Å². The highest BCUT2D eigenvalue weighted by Crippen LogP contribution is 2.36. The lowest BCUT2D eigenvalue weighted by molar-refractivity contribution is -0.137. The molecule has 0 radical (unpaired) electrons. The molecule has 0 bridgehead atoms. The van der Waals surface area contributed by atoms with Gasteiger partial charge >= 0.3 is 6.18 Å². The van der Waals surface area contributed by atoms with Crippen LogP contribution in [0.3, 0.4) is 0 Å². The summed E-state index contributed by atoms with van der Waals surface area (Å²) in [5.74, 6) is 0. The molecule has 4 heteroatoms. The molecule has 0 aliphatic heterocycles. The first-order valence-electron chi connectivity index (χ1n) is 4.90. The van der Waals surface area contributed by atoms with Crippen LogP contribution in [-0.2, 0) is 6.18 Å². The average molecular weight is 348 g/mol. The van der Waals surface area contributed by atoms with Crippen molar-refractivity contribution in [3.63, 3.8) is 0 Å². The van der Waals surface area contributed by atoms with Gasteiger partial charge in [0.2, 0.25) is 0 Å². The molecule has 2 rings (SSSR count). The Hall–Kier alpha value is -1.04. The molecule has 0 saturated carbocycles. The summed E-state index contributed by atoms with van der Waals surface area (Å²) in [5.41, 5.74) is 0.205. The smallest absolute Gasteiger partial charge is 0.166 e. The van der Waals surface area contributed by atoms with Crippen LogP contribution in [0.2, 0.25) is 0 Å². The van der Waals surface area contributed by atoms with Crippen LogP contribution in [-0.4, -0.2) is 0 Å². The molecule has 2 aromatic rings. The third kappa shape index (κ3) is 2.80. The third-order valence-electron chi connectivity index (χ3n) is 2.39. The Balaban J connectivity index is 2.56. The number of benzene rings is 2. The quantitative estimate of drug-likeness (QED) is 0.638. The fraction of sp³-hybridized carbons (Fsp3) is 0.0769. The monoisotopic (exact) mass is 348 g/mol. The highest BCUT2D eigenvalue weighted by molar-refractivity contribution is 14.1. The van der Waals surface area contributed by atoms with E-state index in [9.17, 15) is 13.2 Å². The van der Waals surface area contributed by atoms with Gasteiger partial charge in [0.25, 0.3) is 0 Å². The van der Waals surface area contributed by atoms with Crippen molar-refractivity contribution < 1.29 is 13.2 Å². The van der Waals surface area contributed by atoms with Crippen molar-refractivity contribution in [2.75, 3.05) is 0 Å². The molecule has 0 spiro atoms. The van der Waals surface area contributed by atoms with Gasteiger partial charge in [0, 0.05) is 3.57 Å². The Labute approximate surface area is 111 Å². The molecule has 88 valence electrons. The molecule has 0 unspecified atom stereocenters. The summed E-state index contributed by atoms with van der Waals surface area (Å²) in [6, 6.07) is 12.6. The number of hydrogen-bond acceptors (Lipinski definition) is 0. The lowest BCUT2D eigenvalue weighted by Gasteiger charge is -2.12. The standard InChI is InChI=1S/C13H8F3I/c14-13(15,16)12-4-2-1-3-11(12)9-5-7-10(17)8-6-9/h1-8H. The molecule has 2 aromatic carbocycles. The normalized spacial score (nSPS) is 11.5. The van der Waals surface area contributed by atoms with Crippen LogP contribution in [0.4, 0.5) is 13.2 Å². The Morgan fingerprint density at radius 2 is 1.41 bits per heavy atom. The average Bonchev–Trinajstić information content (AvgIpc) is 2.29. The number of halogens is 4. The van der Waals surface area contributed by atoms with E-state index < -0.39 is 11.7 Å². The van der Waals surface area contributed by atoms with E-state index in [-0.39, 0.29) is 5.56 Å². The van der Waals surface area contributed by atoms with Crippen LogP contribution in [0.15, 0.2) is 48.5 Å². The second-order valence-corrected chi connectivity index (χ2v) is 4.80. The number of rotatable bonds is 1. The number of hydrogen-bond donors (Lipinski definition) is 0. The van der Waals surface area contributed by atoms with Gasteiger partial charge in [0.05, 0.1) is 5.56 Å². The van der Waals surface area contributed by atoms with Crippen molar-refractivity contribution in [2.45, 2.75) is 6.18 Å². The van der Waals surface area contributed by atoms with E-state index in [0.717, 1.165) is 9.64 Å². The molecular formula is C13H8F3I. The first-order chi connectivity index (χ1) is 7.98. The van der Waals surface area contributed by atoms with Gasteiger partial charge in [-0.3, -0.25) is 0 Å². The fourth-order valence-corrected chi connectivity index (χ4v) is 1.97. The summed E-state index contributed by atoms with van der Waals surface area (Å²) in [7, 11) is 0. The van der Waals surface area contributed by atoms with Crippen LogP contribution >= 0.6 is 22.6 Å². The zero-order valence-corrected chi connectivity index (χ0v) is 10.8. The van der Waals surface area contributed by atoms with Gasteiger partial charge in [-0.2, -0.15) is 13.2 Å². The summed E-state index contributed by atoms with van der Waals surface area (Å²) in [6.45, 7) is 0. The minimum absolute atomic E-state index is 0.219. The highest BCUT2D eigenvalue weighted by Gasteiger charge is 2.33. The predicted octanol–water partition coefficient (Wildman–Crippen LogP) is 4.98. The molecule has 0 aliphatic carbocycles. The minimum Gasteiger partial charge on any atom is -0.166 e. The molecule has 0 atom stereocenters. The van der Waals surface area contributed by atoms with Crippen molar-refractivity contribution in [1.82, 2.24) is 0 Å². The molecule has 0 saturated heterocycles. The fourth-order valence-electron chi connectivity index (χ4n) is 1.61. The summed E-state index contributed by atoms with van der Waals surface area (Å²) < 4.78 is 39.4. The van der Waals surface area contributed by atoms with E-state index in [2.05, 4.69) is 22.6 Å². The van der Waals surface area contributed by atoms with Crippen molar-refractivity contribution in [1.29, 1.82) is 0 Å². The predicted molar refractivity (Wildman–Crippen MR) is 69.6 cm³/mol. The van der Waals surface area contributed by atoms with Gasteiger partial charge in [-0.25, -0.2) is 0 Å². The highest BCUT2D eigenvalue weighted by atomic mass is 127. The Kier molecular flexibility index (Phi) is 3.42. The molecule has 0 N–H and O–H groups in total. The van der Waals surface area contributed by atoms with Gasteiger partial charge < -0.3 is 0 Å². The lowest BCUT2D eigenvalue weighted by atomic mass is 9.99. The SMILES string of the molecule is FC(F)(F)c1ccccc1-c1ccc(I)cc1. The molecular weight excluding hydrogens is 340 g/mol. The summed E-state index contributed by atoms with van der Waals surface area (Å²) >= 11 is 2.12. The molecule has 0 aromatic heterocycles. The van der Waals surface area contributed by atoms with Crippen molar-refractivity contribution in [3.05, 3.63) is 57.7 Å². The third-order valence-corrected chi connectivity index (χ3v) is 3.11. The number of alkyl halides is 3. The van der Waals surface area contributed by atoms with Crippen molar-refractivity contribution in [3.8, 4) is 11.1 Å². The molecule has 0 aliphatic rings. The molecule has 0 amide bonds. The van der Waals surface area contributed by atoms with Crippen LogP contribution < -0.4 is 0 Å². The largest absolute Gasteiger partial charge is 0.417 e. The molecule has 17 heavy (non-hydrogen) atoms. The van der Waals surface area contributed by atoms with E-state index in [0.29, 0.717) is 5.56 Å². The van der Waals surface area contributed by atoms with Crippen LogP contribution in [0.1, 0.15) is 5.56 Å². The van der Waals surface area contributed by atoms with Crippen LogP contribution in [0.25, 0.3) is 11.1 Å². The van der Waals surface area contributed by atoms with E-state index in [4.69, 9.17) is 0 Å². The Morgan fingerprint density at radius 1 is 0.824 bits per heavy atom. The van der Waals surface area contributed by atoms with E-state index in [1.54, 1.807) is 30.3 Å². The zero-order chi connectivity index (χ0) is 12.5. The van der Waals surface area contributed by atoms with E-state index >= 15 is 0 Å². The van der Waals surface area contributed by atoms with Gasteiger partial charge in [0.15, 0.2) is 0 Å². The molecule has 0 heterocycles. The van der Waals surface area contributed by atoms with Gasteiger partial charge in [-0.1, -0.05) is 30.3 Å². The maximum Gasteiger partial charge on any atom is 0.417 e. The maximum absolute atomic E-state index is 12.8. The molecule has 0 nitrogen and oxygen atoms in total. The Bertz CT molecular complexity index is 515. The maximum atomic E-state index is 12.8. The summed E-state index contributed by atoms with van der Waals surface area (Å²) in [5, 5.41) is 0. The summed E-state index contributed by atoms with van der Waals surface area (Å²) in [6.07, 6.45) is -4.32. The second-order valence-electron chi connectivity index (χ2n) is 3.55. The topological polar surface area (TPSA) is 0 Å². The second kappa shape index (κ2) is 4.68. The van der Waals surface area contributed by atoms with E-state index in [1.807, 2.05) is 0 Å². The lowest BCUT2D eigenvalue weighted by Crippen LogP contribution is -2.06. The van der Waals surface area contributed by atoms with Crippen molar-refractivity contribution in [2.24, 2.45) is 0 Å². The summed E-state index contributed by atoms with van der Waals surface area (Å²) in [4.78, 5) is 0. The Morgan fingerprint density at radius 3 is 2.00 bits per heavy atom. The molecule has 0 fully saturated rings.